The van der Waals surface area contributed by atoms with Crippen LogP contribution in [0.25, 0.3) is 10.8 Å². The highest BCUT2D eigenvalue weighted by Gasteiger charge is 2.23. The molecule has 0 bridgehead atoms. The van der Waals surface area contributed by atoms with Gasteiger partial charge in [0.1, 0.15) is 5.75 Å². The van der Waals surface area contributed by atoms with Crippen molar-refractivity contribution in [1.29, 1.82) is 0 Å². The van der Waals surface area contributed by atoms with Crippen LogP contribution < -0.4 is 15.4 Å². The minimum absolute atomic E-state index is 0.0754. The van der Waals surface area contributed by atoms with Gasteiger partial charge in [-0.05, 0) is 66.9 Å². The van der Waals surface area contributed by atoms with Gasteiger partial charge in [0.05, 0.1) is 12.2 Å². The standard InChI is InChI=1S/C23H22N2O3/c1-2-28-21-14-17-6-4-3-5-16(17)13-20(21)23(27)25-18-9-7-15(8-10-18)22(26)24-19-11-12-19/h3-10,13-14,19H,2,11-12H2,1H3,(H,24,26)(H,25,27). The second-order valence-electron chi connectivity index (χ2n) is 6.91. The first-order valence-corrected chi connectivity index (χ1v) is 9.52. The molecule has 0 atom stereocenters. The second-order valence-corrected chi connectivity index (χ2v) is 6.91. The third-order valence-electron chi connectivity index (χ3n) is 4.71. The second kappa shape index (κ2) is 7.72. The van der Waals surface area contributed by atoms with Crippen LogP contribution in [-0.2, 0) is 0 Å². The highest BCUT2D eigenvalue weighted by molar-refractivity contribution is 6.09. The minimum atomic E-state index is -0.246. The number of hydrogen-bond acceptors (Lipinski definition) is 3. The number of carbonyl (C=O) groups excluding carboxylic acids is 2. The molecule has 5 heteroatoms. The van der Waals surface area contributed by atoms with E-state index in [1.54, 1.807) is 24.3 Å². The molecular weight excluding hydrogens is 352 g/mol. The van der Waals surface area contributed by atoms with Gasteiger partial charge >= 0.3 is 0 Å². The lowest BCUT2D eigenvalue weighted by Crippen LogP contribution is -2.25. The number of anilines is 1. The number of ether oxygens (including phenoxy) is 1. The van der Waals surface area contributed by atoms with E-state index < -0.39 is 0 Å². The Balaban J connectivity index is 1.54. The lowest BCUT2D eigenvalue weighted by Gasteiger charge is -2.13. The van der Waals surface area contributed by atoms with Crippen LogP contribution >= 0.6 is 0 Å². The Bertz CT molecular complexity index is 1020. The monoisotopic (exact) mass is 374 g/mol. The van der Waals surface area contributed by atoms with Gasteiger partial charge in [-0.2, -0.15) is 0 Å². The molecule has 1 saturated carbocycles. The molecule has 0 aromatic heterocycles. The fraction of sp³-hybridized carbons (Fsp3) is 0.217. The Morgan fingerprint density at radius 3 is 2.29 bits per heavy atom. The van der Waals surface area contributed by atoms with E-state index in [9.17, 15) is 9.59 Å². The average molecular weight is 374 g/mol. The summed E-state index contributed by atoms with van der Waals surface area (Å²) in [7, 11) is 0. The van der Waals surface area contributed by atoms with Gasteiger partial charge in [0.2, 0.25) is 0 Å². The summed E-state index contributed by atoms with van der Waals surface area (Å²) in [5.41, 5.74) is 1.70. The van der Waals surface area contributed by atoms with Crippen molar-refractivity contribution in [2.24, 2.45) is 0 Å². The SMILES string of the molecule is CCOc1cc2ccccc2cc1C(=O)Nc1ccc(C(=O)NC2CC2)cc1. The third-order valence-corrected chi connectivity index (χ3v) is 4.71. The molecule has 0 radical (unpaired) electrons. The van der Waals surface area contributed by atoms with E-state index in [1.807, 2.05) is 43.3 Å². The summed E-state index contributed by atoms with van der Waals surface area (Å²) in [5, 5.41) is 7.84. The summed E-state index contributed by atoms with van der Waals surface area (Å²) in [6, 6.07) is 18.8. The van der Waals surface area contributed by atoms with Crippen LogP contribution in [0, 0.1) is 0 Å². The fourth-order valence-corrected chi connectivity index (χ4v) is 3.07. The topological polar surface area (TPSA) is 67.4 Å². The molecule has 0 aliphatic heterocycles. The fourth-order valence-electron chi connectivity index (χ4n) is 3.07. The molecule has 142 valence electrons. The molecule has 1 fully saturated rings. The summed E-state index contributed by atoms with van der Waals surface area (Å²) < 4.78 is 5.68. The van der Waals surface area contributed by atoms with Crippen molar-refractivity contribution in [2.75, 3.05) is 11.9 Å². The van der Waals surface area contributed by atoms with Gasteiger partial charge in [0.15, 0.2) is 0 Å². The van der Waals surface area contributed by atoms with E-state index in [4.69, 9.17) is 4.74 Å². The molecule has 1 aliphatic carbocycles. The van der Waals surface area contributed by atoms with Crippen LogP contribution in [0.1, 0.15) is 40.5 Å². The summed E-state index contributed by atoms with van der Waals surface area (Å²) >= 11 is 0. The number of fused-ring (bicyclic) bond motifs is 1. The number of rotatable bonds is 6. The Morgan fingerprint density at radius 1 is 0.964 bits per heavy atom. The van der Waals surface area contributed by atoms with E-state index in [1.165, 1.54) is 0 Å². The molecule has 0 spiro atoms. The molecule has 0 unspecified atom stereocenters. The number of hydrogen-bond donors (Lipinski definition) is 2. The van der Waals surface area contributed by atoms with E-state index >= 15 is 0 Å². The number of carbonyl (C=O) groups is 2. The lowest BCUT2D eigenvalue weighted by atomic mass is 10.0. The van der Waals surface area contributed by atoms with E-state index in [-0.39, 0.29) is 11.8 Å². The van der Waals surface area contributed by atoms with Crippen LogP contribution in [0.5, 0.6) is 5.75 Å². The zero-order valence-electron chi connectivity index (χ0n) is 15.7. The first-order chi connectivity index (χ1) is 13.6. The highest BCUT2D eigenvalue weighted by atomic mass is 16.5. The van der Waals surface area contributed by atoms with Crippen molar-refractivity contribution in [2.45, 2.75) is 25.8 Å². The Labute approximate surface area is 163 Å². The minimum Gasteiger partial charge on any atom is -0.493 e. The molecule has 0 saturated heterocycles. The predicted octanol–water partition coefficient (Wildman–Crippen LogP) is 4.38. The maximum Gasteiger partial charge on any atom is 0.259 e. The van der Waals surface area contributed by atoms with Gasteiger partial charge in [-0.1, -0.05) is 24.3 Å². The maximum atomic E-state index is 12.9. The summed E-state index contributed by atoms with van der Waals surface area (Å²) in [5.74, 6) is 0.233. The first kappa shape index (κ1) is 18.0. The quantitative estimate of drug-likeness (QED) is 0.673. The Kier molecular flexibility index (Phi) is 4.98. The average Bonchev–Trinajstić information content (AvgIpc) is 3.52. The van der Waals surface area contributed by atoms with Crippen molar-refractivity contribution < 1.29 is 14.3 Å². The Hall–Kier alpha value is -3.34. The molecule has 2 N–H and O–H groups in total. The summed E-state index contributed by atoms with van der Waals surface area (Å²) in [4.78, 5) is 24.9. The largest absolute Gasteiger partial charge is 0.493 e. The van der Waals surface area contributed by atoms with Gasteiger partial charge in [-0.25, -0.2) is 0 Å². The molecule has 28 heavy (non-hydrogen) atoms. The molecule has 4 rings (SSSR count). The smallest absolute Gasteiger partial charge is 0.259 e. The summed E-state index contributed by atoms with van der Waals surface area (Å²) in [6.45, 7) is 2.37. The normalized spacial score (nSPS) is 13.2. The molecule has 1 aliphatic rings. The van der Waals surface area contributed by atoms with Crippen LogP contribution in [-0.4, -0.2) is 24.5 Å². The van der Waals surface area contributed by atoms with Crippen molar-refractivity contribution >= 4 is 28.3 Å². The van der Waals surface area contributed by atoms with Crippen molar-refractivity contribution in [1.82, 2.24) is 5.32 Å². The van der Waals surface area contributed by atoms with Gasteiger partial charge in [-0.3, -0.25) is 9.59 Å². The Morgan fingerprint density at radius 2 is 1.64 bits per heavy atom. The predicted molar refractivity (Wildman–Crippen MR) is 110 cm³/mol. The van der Waals surface area contributed by atoms with Crippen molar-refractivity contribution in [3.63, 3.8) is 0 Å². The maximum absolute atomic E-state index is 12.9. The third kappa shape index (κ3) is 3.98. The van der Waals surface area contributed by atoms with Crippen LogP contribution in [0.4, 0.5) is 5.69 Å². The molecule has 3 aromatic rings. The number of nitrogens with one attached hydrogen (secondary N) is 2. The van der Waals surface area contributed by atoms with Crippen LogP contribution in [0.2, 0.25) is 0 Å². The number of amides is 2. The molecule has 0 heterocycles. The molecule has 5 nitrogen and oxygen atoms in total. The van der Waals surface area contributed by atoms with E-state index in [0.717, 1.165) is 23.6 Å². The molecule has 2 amide bonds. The molecule has 3 aromatic carbocycles. The lowest BCUT2D eigenvalue weighted by molar-refractivity contribution is 0.0950. The summed E-state index contributed by atoms with van der Waals surface area (Å²) in [6.07, 6.45) is 2.10. The first-order valence-electron chi connectivity index (χ1n) is 9.52. The zero-order valence-corrected chi connectivity index (χ0v) is 15.7. The number of benzene rings is 3. The zero-order chi connectivity index (χ0) is 19.5. The highest BCUT2D eigenvalue weighted by Crippen LogP contribution is 2.27. The van der Waals surface area contributed by atoms with E-state index in [2.05, 4.69) is 10.6 Å². The van der Waals surface area contributed by atoms with Crippen LogP contribution in [0.15, 0.2) is 60.7 Å². The molecular formula is C23H22N2O3. The van der Waals surface area contributed by atoms with Gasteiger partial charge in [0.25, 0.3) is 11.8 Å². The van der Waals surface area contributed by atoms with Crippen molar-refractivity contribution in [3.8, 4) is 5.75 Å². The van der Waals surface area contributed by atoms with Gasteiger partial charge in [0, 0.05) is 17.3 Å². The van der Waals surface area contributed by atoms with E-state index in [0.29, 0.717) is 35.2 Å². The van der Waals surface area contributed by atoms with Gasteiger partial charge < -0.3 is 15.4 Å². The van der Waals surface area contributed by atoms with Crippen LogP contribution in [0.3, 0.4) is 0 Å². The van der Waals surface area contributed by atoms with Crippen molar-refractivity contribution in [3.05, 3.63) is 71.8 Å². The van der Waals surface area contributed by atoms with Gasteiger partial charge in [-0.15, -0.1) is 0 Å².